The fourth-order valence-corrected chi connectivity index (χ4v) is 2.74. The first-order valence-corrected chi connectivity index (χ1v) is 8.02. The Morgan fingerprint density at radius 2 is 1.78 bits per heavy atom. The van der Waals surface area contributed by atoms with Crippen molar-refractivity contribution < 1.29 is 14.3 Å². The van der Waals surface area contributed by atoms with Crippen LogP contribution in [0.4, 0.5) is 0 Å². The van der Waals surface area contributed by atoms with E-state index in [-0.39, 0.29) is 5.91 Å². The molecule has 2 rings (SSSR count). The first-order valence-electron chi connectivity index (χ1n) is 7.22. The SMILES string of the molecule is COc1ccc(CN(C)C(=O)Cc2cccc(Br)c2)cc1OC. The molecule has 0 aromatic heterocycles. The Morgan fingerprint density at radius 3 is 2.43 bits per heavy atom. The number of benzene rings is 2. The normalized spacial score (nSPS) is 10.3. The molecule has 4 nitrogen and oxygen atoms in total. The minimum absolute atomic E-state index is 0.0675. The number of nitrogens with zero attached hydrogens (tertiary/aromatic N) is 1. The summed E-state index contributed by atoms with van der Waals surface area (Å²) in [5.74, 6) is 1.41. The molecule has 0 saturated carbocycles. The second-order valence-corrected chi connectivity index (χ2v) is 6.16. The maximum atomic E-state index is 12.4. The summed E-state index contributed by atoms with van der Waals surface area (Å²) in [6, 6.07) is 13.5. The summed E-state index contributed by atoms with van der Waals surface area (Å²) in [4.78, 5) is 14.1. The van der Waals surface area contributed by atoms with Gasteiger partial charge in [0.2, 0.25) is 5.91 Å². The lowest BCUT2D eigenvalue weighted by atomic mass is 10.1. The molecule has 2 aromatic rings. The number of halogens is 1. The maximum absolute atomic E-state index is 12.4. The fraction of sp³-hybridized carbons (Fsp3) is 0.278. The van der Waals surface area contributed by atoms with E-state index < -0.39 is 0 Å². The standard InChI is InChI=1S/C18H20BrNO3/c1-20(18(21)11-13-5-4-6-15(19)9-13)12-14-7-8-16(22-2)17(10-14)23-3/h4-10H,11-12H2,1-3H3. The highest BCUT2D eigenvalue weighted by Crippen LogP contribution is 2.28. The second-order valence-electron chi connectivity index (χ2n) is 5.25. The summed E-state index contributed by atoms with van der Waals surface area (Å²) >= 11 is 3.42. The average Bonchev–Trinajstić information content (AvgIpc) is 2.54. The molecule has 0 atom stereocenters. The van der Waals surface area contributed by atoms with E-state index in [0.717, 1.165) is 15.6 Å². The van der Waals surface area contributed by atoms with E-state index in [0.29, 0.717) is 24.5 Å². The van der Waals surface area contributed by atoms with Gasteiger partial charge in [0, 0.05) is 18.1 Å². The van der Waals surface area contributed by atoms with Crippen molar-refractivity contribution in [1.29, 1.82) is 0 Å². The Morgan fingerprint density at radius 1 is 1.04 bits per heavy atom. The highest BCUT2D eigenvalue weighted by Gasteiger charge is 2.12. The zero-order valence-corrected chi connectivity index (χ0v) is 15.1. The molecule has 0 aliphatic heterocycles. The molecule has 0 bridgehead atoms. The predicted molar refractivity (Wildman–Crippen MR) is 93.9 cm³/mol. The van der Waals surface area contributed by atoms with Gasteiger partial charge in [0.15, 0.2) is 11.5 Å². The van der Waals surface area contributed by atoms with Gasteiger partial charge >= 0.3 is 0 Å². The van der Waals surface area contributed by atoms with E-state index in [1.54, 1.807) is 26.2 Å². The summed E-state index contributed by atoms with van der Waals surface area (Å²) in [6.45, 7) is 0.521. The van der Waals surface area contributed by atoms with Crippen LogP contribution in [0.5, 0.6) is 11.5 Å². The molecule has 0 heterocycles. The van der Waals surface area contributed by atoms with Crippen molar-refractivity contribution in [2.75, 3.05) is 21.3 Å². The van der Waals surface area contributed by atoms with Crippen molar-refractivity contribution in [2.45, 2.75) is 13.0 Å². The van der Waals surface area contributed by atoms with Gasteiger partial charge in [-0.25, -0.2) is 0 Å². The van der Waals surface area contributed by atoms with Crippen LogP contribution in [0.3, 0.4) is 0 Å². The molecule has 23 heavy (non-hydrogen) atoms. The molecule has 0 radical (unpaired) electrons. The van der Waals surface area contributed by atoms with Gasteiger partial charge in [0.25, 0.3) is 0 Å². The van der Waals surface area contributed by atoms with Crippen LogP contribution < -0.4 is 9.47 Å². The molecule has 122 valence electrons. The number of carbonyl (C=O) groups excluding carboxylic acids is 1. The summed E-state index contributed by atoms with van der Waals surface area (Å²) in [6.07, 6.45) is 0.378. The molecule has 0 aliphatic rings. The van der Waals surface area contributed by atoms with Gasteiger partial charge in [0.05, 0.1) is 20.6 Å². The van der Waals surface area contributed by atoms with Gasteiger partial charge in [-0.15, -0.1) is 0 Å². The Labute approximate surface area is 145 Å². The van der Waals surface area contributed by atoms with Crippen LogP contribution in [-0.4, -0.2) is 32.1 Å². The Balaban J connectivity index is 2.03. The molecule has 0 saturated heterocycles. The van der Waals surface area contributed by atoms with E-state index in [4.69, 9.17) is 9.47 Å². The number of likely N-dealkylation sites (N-methyl/N-ethyl adjacent to an activating group) is 1. The minimum atomic E-state index is 0.0675. The van der Waals surface area contributed by atoms with Crippen molar-refractivity contribution in [3.05, 3.63) is 58.1 Å². The number of hydrogen-bond acceptors (Lipinski definition) is 3. The molecule has 0 aliphatic carbocycles. The molecule has 2 aromatic carbocycles. The number of carbonyl (C=O) groups is 1. The fourth-order valence-electron chi connectivity index (χ4n) is 2.30. The Hall–Kier alpha value is -2.01. The summed E-state index contributed by atoms with van der Waals surface area (Å²) in [5.41, 5.74) is 1.98. The van der Waals surface area contributed by atoms with E-state index >= 15 is 0 Å². The van der Waals surface area contributed by atoms with Crippen molar-refractivity contribution in [3.63, 3.8) is 0 Å². The lowest BCUT2D eigenvalue weighted by Gasteiger charge is -2.18. The largest absolute Gasteiger partial charge is 0.493 e. The van der Waals surface area contributed by atoms with Gasteiger partial charge in [-0.3, -0.25) is 4.79 Å². The second kappa shape index (κ2) is 8.02. The number of ether oxygens (including phenoxy) is 2. The lowest BCUT2D eigenvalue weighted by Crippen LogP contribution is -2.27. The van der Waals surface area contributed by atoms with Gasteiger partial charge in [0.1, 0.15) is 0 Å². The summed E-state index contributed by atoms with van der Waals surface area (Å²) in [7, 11) is 5.01. The van der Waals surface area contributed by atoms with E-state index in [9.17, 15) is 4.79 Å². The zero-order valence-electron chi connectivity index (χ0n) is 13.5. The third kappa shape index (κ3) is 4.73. The molecule has 0 spiro atoms. The minimum Gasteiger partial charge on any atom is -0.493 e. The third-order valence-corrected chi connectivity index (χ3v) is 4.03. The predicted octanol–water partition coefficient (Wildman–Crippen LogP) is 3.67. The zero-order chi connectivity index (χ0) is 16.8. The molecular formula is C18H20BrNO3. The van der Waals surface area contributed by atoms with Crippen molar-refractivity contribution in [1.82, 2.24) is 4.90 Å². The highest BCUT2D eigenvalue weighted by molar-refractivity contribution is 9.10. The molecule has 1 amide bonds. The van der Waals surface area contributed by atoms with Gasteiger partial charge < -0.3 is 14.4 Å². The highest BCUT2D eigenvalue weighted by atomic mass is 79.9. The first kappa shape index (κ1) is 17.3. The Kier molecular flexibility index (Phi) is 6.04. The maximum Gasteiger partial charge on any atom is 0.227 e. The van der Waals surface area contributed by atoms with Crippen LogP contribution in [0.15, 0.2) is 46.9 Å². The van der Waals surface area contributed by atoms with Crippen LogP contribution >= 0.6 is 15.9 Å². The lowest BCUT2D eigenvalue weighted by molar-refractivity contribution is -0.129. The van der Waals surface area contributed by atoms with Crippen LogP contribution in [0.1, 0.15) is 11.1 Å². The monoisotopic (exact) mass is 377 g/mol. The molecule has 0 fully saturated rings. The summed E-state index contributed by atoms with van der Waals surface area (Å²) in [5, 5.41) is 0. The van der Waals surface area contributed by atoms with Crippen LogP contribution in [0.2, 0.25) is 0 Å². The van der Waals surface area contributed by atoms with Crippen molar-refractivity contribution >= 4 is 21.8 Å². The molecule has 0 unspecified atom stereocenters. The van der Waals surface area contributed by atoms with Gasteiger partial charge in [-0.05, 0) is 35.4 Å². The van der Waals surface area contributed by atoms with Crippen LogP contribution in [0, 0.1) is 0 Å². The summed E-state index contributed by atoms with van der Waals surface area (Å²) < 4.78 is 11.5. The topological polar surface area (TPSA) is 38.8 Å². The number of rotatable bonds is 6. The quantitative estimate of drug-likeness (QED) is 0.770. The van der Waals surface area contributed by atoms with E-state index in [1.165, 1.54) is 0 Å². The van der Waals surface area contributed by atoms with Gasteiger partial charge in [-0.1, -0.05) is 34.1 Å². The average molecular weight is 378 g/mol. The molecule has 0 N–H and O–H groups in total. The number of amides is 1. The third-order valence-electron chi connectivity index (χ3n) is 3.54. The Bertz CT molecular complexity index is 688. The van der Waals surface area contributed by atoms with E-state index in [2.05, 4.69) is 15.9 Å². The van der Waals surface area contributed by atoms with Gasteiger partial charge in [-0.2, -0.15) is 0 Å². The van der Waals surface area contributed by atoms with Crippen LogP contribution in [0.25, 0.3) is 0 Å². The number of methoxy groups -OCH3 is 2. The van der Waals surface area contributed by atoms with Crippen molar-refractivity contribution in [2.24, 2.45) is 0 Å². The smallest absolute Gasteiger partial charge is 0.227 e. The van der Waals surface area contributed by atoms with Crippen molar-refractivity contribution in [3.8, 4) is 11.5 Å². The van der Waals surface area contributed by atoms with Crippen LogP contribution in [-0.2, 0) is 17.8 Å². The molecule has 5 heteroatoms. The number of hydrogen-bond donors (Lipinski definition) is 0. The van der Waals surface area contributed by atoms with E-state index in [1.807, 2.05) is 42.5 Å². The first-order chi connectivity index (χ1) is 11.0. The molecular weight excluding hydrogens is 358 g/mol.